The molecule has 29 heavy (non-hydrogen) atoms. The molecule has 1 amide bonds. The number of rotatable bonds is 9. The Bertz CT molecular complexity index is 771. The topological polar surface area (TPSA) is 80.1 Å². The van der Waals surface area contributed by atoms with Gasteiger partial charge in [-0.1, -0.05) is 5.16 Å². The van der Waals surface area contributed by atoms with Crippen LogP contribution >= 0.6 is 0 Å². The van der Waals surface area contributed by atoms with Crippen molar-refractivity contribution in [3.63, 3.8) is 0 Å². The van der Waals surface area contributed by atoms with Crippen LogP contribution in [0.5, 0.6) is 11.5 Å². The van der Waals surface area contributed by atoms with Crippen molar-refractivity contribution in [3.8, 4) is 11.5 Å². The van der Waals surface area contributed by atoms with Gasteiger partial charge in [0, 0.05) is 44.4 Å². The molecule has 0 bridgehead atoms. The Balaban J connectivity index is 1.56. The van der Waals surface area contributed by atoms with Gasteiger partial charge in [-0.2, -0.15) is 0 Å². The van der Waals surface area contributed by atoms with Gasteiger partial charge in [0.2, 0.25) is 0 Å². The van der Waals surface area contributed by atoms with Crippen molar-refractivity contribution in [1.82, 2.24) is 20.3 Å². The Kier molecular flexibility index (Phi) is 7.48. The molecule has 2 aromatic rings. The van der Waals surface area contributed by atoms with Crippen LogP contribution in [0.1, 0.15) is 28.9 Å². The fourth-order valence-corrected chi connectivity index (χ4v) is 3.32. The Morgan fingerprint density at radius 2 is 2.07 bits per heavy atom. The number of nitrogens with zero attached hydrogens (tertiary/aromatic N) is 3. The van der Waals surface area contributed by atoms with E-state index in [1.54, 1.807) is 31.6 Å². The molecule has 0 saturated carbocycles. The van der Waals surface area contributed by atoms with E-state index in [1.165, 1.54) is 0 Å². The summed E-state index contributed by atoms with van der Waals surface area (Å²) in [5.41, 5.74) is 1.52. The first-order valence-electron chi connectivity index (χ1n) is 9.94. The van der Waals surface area contributed by atoms with E-state index in [0.29, 0.717) is 23.6 Å². The number of carbonyl (C=O) groups is 1. The Labute approximate surface area is 171 Å². The molecule has 1 aliphatic rings. The highest BCUT2D eigenvalue weighted by molar-refractivity contribution is 5.94. The Morgan fingerprint density at radius 1 is 1.28 bits per heavy atom. The van der Waals surface area contributed by atoms with Gasteiger partial charge in [0.15, 0.2) is 11.5 Å². The van der Waals surface area contributed by atoms with E-state index in [2.05, 4.69) is 15.4 Å². The van der Waals surface area contributed by atoms with Gasteiger partial charge in [-0.15, -0.1) is 0 Å². The molecule has 0 aliphatic carbocycles. The summed E-state index contributed by atoms with van der Waals surface area (Å²) in [7, 11) is 5.56. The lowest BCUT2D eigenvalue weighted by atomic mass is 10.1. The minimum Gasteiger partial charge on any atom is -0.493 e. The molecule has 0 unspecified atom stereocenters. The minimum atomic E-state index is -0.109. The molecule has 1 saturated heterocycles. The van der Waals surface area contributed by atoms with Gasteiger partial charge < -0.3 is 24.2 Å². The van der Waals surface area contributed by atoms with Crippen LogP contribution in [0, 0.1) is 0 Å². The zero-order valence-electron chi connectivity index (χ0n) is 17.4. The minimum absolute atomic E-state index is 0.0875. The lowest BCUT2D eigenvalue weighted by Gasteiger charge is -2.31. The highest BCUT2D eigenvalue weighted by Gasteiger charge is 2.23. The van der Waals surface area contributed by atoms with Crippen LogP contribution < -0.4 is 14.8 Å². The molecule has 1 fully saturated rings. The van der Waals surface area contributed by atoms with Gasteiger partial charge in [0.05, 0.1) is 12.8 Å². The lowest BCUT2D eigenvalue weighted by molar-refractivity contribution is 0.0915. The van der Waals surface area contributed by atoms with Gasteiger partial charge >= 0.3 is 0 Å². The van der Waals surface area contributed by atoms with Gasteiger partial charge in [-0.25, -0.2) is 0 Å². The molecule has 2 heterocycles. The number of benzene rings is 1. The highest BCUT2D eigenvalue weighted by atomic mass is 16.5. The number of aromatic nitrogens is 1. The number of methoxy groups -OCH3 is 1. The van der Waals surface area contributed by atoms with Crippen LogP contribution in [0.25, 0.3) is 0 Å². The molecule has 0 radical (unpaired) electrons. The molecule has 158 valence electrons. The van der Waals surface area contributed by atoms with Crippen molar-refractivity contribution >= 4 is 5.91 Å². The van der Waals surface area contributed by atoms with Crippen LogP contribution in [0.15, 0.2) is 35.1 Å². The normalized spacial score (nSPS) is 15.4. The number of ether oxygens (including phenoxy) is 2. The molecule has 3 rings (SSSR count). The third-order valence-electron chi connectivity index (χ3n) is 4.98. The zero-order chi connectivity index (χ0) is 20.6. The predicted octanol–water partition coefficient (Wildman–Crippen LogP) is 2.02. The third kappa shape index (κ3) is 6.20. The van der Waals surface area contributed by atoms with E-state index in [4.69, 9.17) is 14.0 Å². The summed E-state index contributed by atoms with van der Waals surface area (Å²) in [4.78, 5) is 16.8. The number of likely N-dealkylation sites (tertiary alicyclic amines) is 1. The summed E-state index contributed by atoms with van der Waals surface area (Å²) in [5.74, 6) is 1.14. The van der Waals surface area contributed by atoms with Crippen LogP contribution in [0.3, 0.4) is 0 Å². The largest absolute Gasteiger partial charge is 0.493 e. The summed E-state index contributed by atoms with van der Waals surface area (Å²) in [6, 6.07) is 7.21. The summed E-state index contributed by atoms with van der Waals surface area (Å²) in [5, 5.41) is 6.90. The van der Waals surface area contributed by atoms with E-state index < -0.39 is 0 Å². The Morgan fingerprint density at radius 3 is 2.72 bits per heavy atom. The molecule has 0 spiro atoms. The van der Waals surface area contributed by atoms with Crippen molar-refractivity contribution < 1.29 is 18.8 Å². The lowest BCUT2D eigenvalue weighted by Crippen LogP contribution is -2.38. The highest BCUT2D eigenvalue weighted by Crippen LogP contribution is 2.31. The summed E-state index contributed by atoms with van der Waals surface area (Å²) in [6.45, 7) is 4.01. The third-order valence-corrected chi connectivity index (χ3v) is 4.98. The molecular formula is C21H30N4O4. The maximum atomic E-state index is 12.4. The Hall–Kier alpha value is -2.58. The average Bonchev–Trinajstić information content (AvgIpc) is 3.22. The van der Waals surface area contributed by atoms with Gasteiger partial charge in [-0.05, 0) is 45.1 Å². The fraction of sp³-hybridized carbons (Fsp3) is 0.524. The van der Waals surface area contributed by atoms with E-state index in [-0.39, 0.29) is 12.0 Å². The number of likely N-dealkylation sites (N-methyl/N-ethyl adjacent to an activating group) is 1. The standard InChI is InChI=1S/C21H30N4O4/c1-24(2)12-9-22-21(26)16-4-5-19(27-3)20(14-16)29-18-6-10-25(11-7-18)15-17-8-13-28-23-17/h4-5,8,13-14,18H,6-7,9-12,15H2,1-3H3,(H,22,26). The number of nitrogens with one attached hydrogen (secondary N) is 1. The van der Waals surface area contributed by atoms with E-state index >= 15 is 0 Å². The van der Waals surface area contributed by atoms with Crippen molar-refractivity contribution in [3.05, 3.63) is 41.8 Å². The number of hydrogen-bond donors (Lipinski definition) is 1. The number of piperidine rings is 1. The fourth-order valence-electron chi connectivity index (χ4n) is 3.32. The zero-order valence-corrected chi connectivity index (χ0v) is 17.4. The summed E-state index contributed by atoms with van der Waals surface area (Å²) in [6.07, 6.45) is 3.49. The first-order chi connectivity index (χ1) is 14.0. The van der Waals surface area contributed by atoms with Gasteiger partial charge in [0.25, 0.3) is 5.91 Å². The predicted molar refractivity (Wildman–Crippen MR) is 109 cm³/mol. The number of hydrogen-bond acceptors (Lipinski definition) is 7. The quantitative estimate of drug-likeness (QED) is 0.687. The molecular weight excluding hydrogens is 372 g/mol. The molecule has 8 nitrogen and oxygen atoms in total. The number of amides is 1. The SMILES string of the molecule is COc1ccc(C(=O)NCCN(C)C)cc1OC1CCN(Cc2ccon2)CC1. The second-order valence-corrected chi connectivity index (χ2v) is 7.51. The van der Waals surface area contributed by atoms with Crippen LogP contribution in [0.4, 0.5) is 0 Å². The van der Waals surface area contributed by atoms with Crippen LogP contribution in [-0.2, 0) is 6.54 Å². The maximum Gasteiger partial charge on any atom is 0.251 e. The number of carbonyl (C=O) groups excluding carboxylic acids is 1. The molecule has 1 aliphatic heterocycles. The molecule has 1 aromatic carbocycles. The first kappa shape index (κ1) is 21.1. The molecule has 1 aromatic heterocycles. The van der Waals surface area contributed by atoms with E-state index in [1.807, 2.05) is 25.1 Å². The molecule has 1 N–H and O–H groups in total. The van der Waals surface area contributed by atoms with Gasteiger partial charge in [-0.3, -0.25) is 9.69 Å². The van der Waals surface area contributed by atoms with Crippen molar-refractivity contribution in [2.24, 2.45) is 0 Å². The van der Waals surface area contributed by atoms with E-state index in [9.17, 15) is 4.79 Å². The molecule has 0 atom stereocenters. The van der Waals surface area contributed by atoms with Crippen LogP contribution in [-0.4, -0.2) is 74.4 Å². The van der Waals surface area contributed by atoms with Crippen molar-refractivity contribution in [2.45, 2.75) is 25.5 Å². The van der Waals surface area contributed by atoms with Crippen molar-refractivity contribution in [1.29, 1.82) is 0 Å². The van der Waals surface area contributed by atoms with E-state index in [0.717, 1.165) is 44.7 Å². The molecule has 8 heteroatoms. The second-order valence-electron chi connectivity index (χ2n) is 7.51. The average molecular weight is 402 g/mol. The smallest absolute Gasteiger partial charge is 0.251 e. The maximum absolute atomic E-state index is 12.4. The second kappa shape index (κ2) is 10.3. The summed E-state index contributed by atoms with van der Waals surface area (Å²) < 4.78 is 16.6. The monoisotopic (exact) mass is 402 g/mol. The summed E-state index contributed by atoms with van der Waals surface area (Å²) >= 11 is 0. The van der Waals surface area contributed by atoms with Gasteiger partial charge in [0.1, 0.15) is 12.4 Å². The van der Waals surface area contributed by atoms with Crippen molar-refractivity contribution in [2.75, 3.05) is 47.4 Å². The first-order valence-corrected chi connectivity index (χ1v) is 9.94. The van der Waals surface area contributed by atoms with Crippen LogP contribution in [0.2, 0.25) is 0 Å².